The lowest BCUT2D eigenvalue weighted by atomic mass is 9.96. The Kier molecular flexibility index (Phi) is 2.95. The summed E-state index contributed by atoms with van der Waals surface area (Å²) in [6, 6.07) is 10.9. The number of hydrogen-bond donors (Lipinski definition) is 0. The van der Waals surface area contributed by atoms with Crippen LogP contribution in [0.3, 0.4) is 0 Å². The zero-order valence-corrected chi connectivity index (χ0v) is 11.3. The fraction of sp³-hybridized carbons (Fsp3) is 0.286. The predicted octanol–water partition coefficient (Wildman–Crippen LogP) is 3.98. The Morgan fingerprint density at radius 2 is 2.00 bits per heavy atom. The van der Waals surface area contributed by atoms with Crippen LogP contribution in [0.5, 0.6) is 0 Å². The summed E-state index contributed by atoms with van der Waals surface area (Å²) in [6.45, 7) is 1.12. The van der Waals surface area contributed by atoms with E-state index in [1.165, 1.54) is 22.4 Å². The number of likely N-dealkylation sites (N-methyl/N-ethyl adjacent to an activating group) is 1. The van der Waals surface area contributed by atoms with E-state index in [1.54, 1.807) is 0 Å². The van der Waals surface area contributed by atoms with Gasteiger partial charge in [0.25, 0.3) is 0 Å². The number of halogens is 1. The van der Waals surface area contributed by atoms with Gasteiger partial charge in [-0.05, 0) is 48.2 Å². The highest BCUT2D eigenvalue weighted by Gasteiger charge is 2.26. The van der Waals surface area contributed by atoms with Gasteiger partial charge in [0.15, 0.2) is 0 Å². The number of fused-ring (bicyclic) bond motifs is 1. The van der Waals surface area contributed by atoms with E-state index >= 15 is 0 Å². The Bertz CT molecular complexity index is 517. The van der Waals surface area contributed by atoms with E-state index in [9.17, 15) is 0 Å². The minimum atomic E-state index is 0.399. The number of thiophene rings is 1. The van der Waals surface area contributed by atoms with Crippen LogP contribution in [-0.4, -0.2) is 18.5 Å². The Balaban J connectivity index is 2.05. The molecular formula is C14H14ClNS. The molecule has 1 aromatic heterocycles. The van der Waals surface area contributed by atoms with Crippen molar-refractivity contribution in [3.8, 4) is 0 Å². The molecular weight excluding hydrogens is 250 g/mol. The number of benzene rings is 1. The van der Waals surface area contributed by atoms with Gasteiger partial charge in [-0.15, -0.1) is 11.3 Å². The van der Waals surface area contributed by atoms with Gasteiger partial charge in [-0.1, -0.05) is 23.7 Å². The standard InChI is InChI=1S/C14H14ClNS/c1-16-8-6-11-7-9-17-14(11)13(16)10-2-4-12(15)5-3-10/h2-5,7,9,13H,6,8H2,1H3. The molecule has 1 aliphatic rings. The van der Waals surface area contributed by atoms with Crippen molar-refractivity contribution >= 4 is 22.9 Å². The molecule has 0 bridgehead atoms. The van der Waals surface area contributed by atoms with Crippen molar-refractivity contribution in [3.63, 3.8) is 0 Å². The lowest BCUT2D eigenvalue weighted by molar-refractivity contribution is 0.269. The topological polar surface area (TPSA) is 3.24 Å². The quantitative estimate of drug-likeness (QED) is 0.752. The second kappa shape index (κ2) is 4.45. The highest BCUT2D eigenvalue weighted by molar-refractivity contribution is 7.10. The van der Waals surface area contributed by atoms with Crippen LogP contribution in [-0.2, 0) is 6.42 Å². The molecule has 1 nitrogen and oxygen atoms in total. The average Bonchev–Trinajstić information content (AvgIpc) is 2.79. The summed E-state index contributed by atoms with van der Waals surface area (Å²) < 4.78 is 0. The summed E-state index contributed by atoms with van der Waals surface area (Å²) >= 11 is 7.82. The minimum absolute atomic E-state index is 0.399. The van der Waals surface area contributed by atoms with Gasteiger partial charge in [0, 0.05) is 16.4 Å². The summed E-state index contributed by atoms with van der Waals surface area (Å²) in [6.07, 6.45) is 1.17. The first-order valence-corrected chi connectivity index (χ1v) is 7.03. The summed E-state index contributed by atoms with van der Waals surface area (Å²) in [5.74, 6) is 0. The number of hydrogen-bond acceptors (Lipinski definition) is 2. The summed E-state index contributed by atoms with van der Waals surface area (Å²) in [5, 5.41) is 3.01. The molecule has 3 heteroatoms. The third-order valence-electron chi connectivity index (χ3n) is 3.39. The molecule has 3 rings (SSSR count). The molecule has 17 heavy (non-hydrogen) atoms. The minimum Gasteiger partial charge on any atom is -0.294 e. The van der Waals surface area contributed by atoms with Crippen molar-refractivity contribution in [2.45, 2.75) is 12.5 Å². The molecule has 1 unspecified atom stereocenters. The van der Waals surface area contributed by atoms with Gasteiger partial charge in [-0.3, -0.25) is 4.90 Å². The molecule has 2 aromatic rings. The number of nitrogens with zero attached hydrogens (tertiary/aromatic N) is 1. The van der Waals surface area contributed by atoms with Crippen LogP contribution in [0.1, 0.15) is 22.0 Å². The molecule has 0 saturated heterocycles. The van der Waals surface area contributed by atoms with Crippen LogP contribution in [0.4, 0.5) is 0 Å². The summed E-state index contributed by atoms with van der Waals surface area (Å²) in [5.41, 5.74) is 2.84. The van der Waals surface area contributed by atoms with Gasteiger partial charge in [0.2, 0.25) is 0 Å². The Morgan fingerprint density at radius 1 is 1.24 bits per heavy atom. The van der Waals surface area contributed by atoms with Gasteiger partial charge in [-0.25, -0.2) is 0 Å². The monoisotopic (exact) mass is 263 g/mol. The highest BCUT2D eigenvalue weighted by atomic mass is 35.5. The maximum atomic E-state index is 5.96. The van der Waals surface area contributed by atoms with Crippen molar-refractivity contribution in [2.24, 2.45) is 0 Å². The molecule has 0 aliphatic carbocycles. The molecule has 0 fully saturated rings. The van der Waals surface area contributed by atoms with E-state index in [4.69, 9.17) is 11.6 Å². The molecule has 0 amide bonds. The van der Waals surface area contributed by atoms with Gasteiger partial charge in [-0.2, -0.15) is 0 Å². The Labute approximate surface area is 111 Å². The van der Waals surface area contributed by atoms with E-state index in [2.05, 4.69) is 35.5 Å². The van der Waals surface area contributed by atoms with Crippen molar-refractivity contribution < 1.29 is 0 Å². The van der Waals surface area contributed by atoms with Crippen molar-refractivity contribution in [2.75, 3.05) is 13.6 Å². The van der Waals surface area contributed by atoms with E-state index in [0.717, 1.165) is 11.6 Å². The van der Waals surface area contributed by atoms with Crippen LogP contribution in [0.2, 0.25) is 5.02 Å². The Morgan fingerprint density at radius 3 is 2.76 bits per heavy atom. The Hall–Kier alpha value is -0.830. The van der Waals surface area contributed by atoms with Gasteiger partial charge < -0.3 is 0 Å². The van der Waals surface area contributed by atoms with Gasteiger partial charge in [0.05, 0.1) is 6.04 Å². The summed E-state index contributed by atoms with van der Waals surface area (Å²) in [7, 11) is 2.20. The molecule has 2 heterocycles. The van der Waals surface area contributed by atoms with E-state index in [-0.39, 0.29) is 0 Å². The maximum absolute atomic E-state index is 5.96. The van der Waals surface area contributed by atoms with Crippen LogP contribution >= 0.6 is 22.9 Å². The smallest absolute Gasteiger partial charge is 0.0696 e. The number of rotatable bonds is 1. The maximum Gasteiger partial charge on any atom is 0.0696 e. The largest absolute Gasteiger partial charge is 0.294 e. The van der Waals surface area contributed by atoms with Crippen LogP contribution < -0.4 is 0 Å². The van der Waals surface area contributed by atoms with E-state index < -0.39 is 0 Å². The van der Waals surface area contributed by atoms with Crippen molar-refractivity contribution in [1.29, 1.82) is 0 Å². The average molecular weight is 264 g/mol. The second-order valence-corrected chi connectivity index (χ2v) is 5.88. The molecule has 0 saturated carbocycles. The zero-order chi connectivity index (χ0) is 11.8. The second-order valence-electron chi connectivity index (χ2n) is 4.49. The van der Waals surface area contributed by atoms with E-state index in [0.29, 0.717) is 6.04 Å². The predicted molar refractivity (Wildman–Crippen MR) is 73.9 cm³/mol. The molecule has 0 spiro atoms. The van der Waals surface area contributed by atoms with Crippen molar-refractivity contribution in [1.82, 2.24) is 4.90 Å². The first-order valence-electron chi connectivity index (χ1n) is 5.77. The third kappa shape index (κ3) is 2.01. The van der Waals surface area contributed by atoms with Crippen molar-refractivity contribution in [3.05, 3.63) is 56.7 Å². The fourth-order valence-corrected chi connectivity index (χ4v) is 3.74. The first-order chi connectivity index (χ1) is 8.25. The van der Waals surface area contributed by atoms with Gasteiger partial charge in [0.1, 0.15) is 0 Å². The highest BCUT2D eigenvalue weighted by Crippen LogP contribution is 2.37. The van der Waals surface area contributed by atoms with Crippen LogP contribution in [0, 0.1) is 0 Å². The molecule has 1 atom stereocenters. The molecule has 88 valence electrons. The van der Waals surface area contributed by atoms with Gasteiger partial charge >= 0.3 is 0 Å². The fourth-order valence-electron chi connectivity index (χ4n) is 2.47. The normalized spacial score (nSPS) is 20.2. The first kappa shape index (κ1) is 11.3. The molecule has 1 aliphatic heterocycles. The van der Waals surface area contributed by atoms with E-state index in [1.807, 2.05) is 23.5 Å². The zero-order valence-electron chi connectivity index (χ0n) is 9.69. The third-order valence-corrected chi connectivity index (χ3v) is 4.65. The molecule has 1 aromatic carbocycles. The van der Waals surface area contributed by atoms with Crippen LogP contribution in [0.15, 0.2) is 35.7 Å². The molecule has 0 radical (unpaired) electrons. The lowest BCUT2D eigenvalue weighted by Gasteiger charge is -2.32. The molecule has 0 N–H and O–H groups in total. The van der Waals surface area contributed by atoms with Crippen LogP contribution in [0.25, 0.3) is 0 Å². The summed E-state index contributed by atoms with van der Waals surface area (Å²) in [4.78, 5) is 3.91. The SMILES string of the molecule is CN1CCc2ccsc2C1c1ccc(Cl)cc1. The lowest BCUT2D eigenvalue weighted by Crippen LogP contribution is -2.31.